The molecule has 0 fully saturated rings. The number of rotatable bonds is 6. The van der Waals surface area contributed by atoms with Crippen molar-refractivity contribution in [1.29, 1.82) is 0 Å². The maximum atomic E-state index is 11.7. The van der Waals surface area contributed by atoms with Gasteiger partial charge < -0.3 is 10.2 Å². The number of hydrogen-bond acceptors (Lipinski definition) is 2. The molecule has 0 unspecified atom stereocenters. The molecule has 0 spiro atoms. The predicted octanol–water partition coefficient (Wildman–Crippen LogP) is 10.6. The molecule has 2 heteroatoms. The molecule has 0 bridgehead atoms. The van der Waals surface area contributed by atoms with E-state index in [4.69, 9.17) is 0 Å². The van der Waals surface area contributed by atoms with Gasteiger partial charge >= 0.3 is 0 Å². The second-order valence-corrected chi connectivity index (χ2v) is 11.5. The summed E-state index contributed by atoms with van der Waals surface area (Å²) in [7, 11) is 0. The van der Waals surface area contributed by atoms with Crippen LogP contribution in [-0.4, -0.2) is 10.2 Å². The van der Waals surface area contributed by atoms with Crippen LogP contribution in [0.4, 0.5) is 0 Å². The molecule has 2 nitrogen and oxygen atoms in total. The van der Waals surface area contributed by atoms with Crippen LogP contribution in [-0.2, 0) is 6.42 Å². The van der Waals surface area contributed by atoms with Gasteiger partial charge in [-0.1, -0.05) is 97.1 Å². The zero-order valence-electron chi connectivity index (χ0n) is 25.1. The number of hydrogen-bond donors (Lipinski definition) is 2. The fourth-order valence-corrected chi connectivity index (χ4v) is 6.15. The van der Waals surface area contributed by atoms with E-state index in [1.807, 2.05) is 48.5 Å². The Hall–Kier alpha value is -5.08. The zero-order chi connectivity index (χ0) is 30.1. The van der Waals surface area contributed by atoms with Crippen LogP contribution >= 0.6 is 0 Å². The Morgan fingerprint density at radius 2 is 0.581 bits per heavy atom. The fraction of sp³-hybridized carbons (Fsp3) is 0.122. The number of aryl methyl sites for hydroxylation is 4. The molecular weight excluding hydrogens is 524 g/mol. The lowest BCUT2D eigenvalue weighted by atomic mass is 9.87. The molecule has 0 radical (unpaired) electrons. The molecule has 6 aromatic rings. The fourth-order valence-electron chi connectivity index (χ4n) is 6.15. The molecule has 0 heterocycles. The molecule has 0 aliphatic heterocycles. The van der Waals surface area contributed by atoms with E-state index in [-0.39, 0.29) is 0 Å². The highest BCUT2D eigenvalue weighted by atomic mass is 16.3. The Labute approximate surface area is 254 Å². The molecule has 0 saturated heterocycles. The van der Waals surface area contributed by atoms with E-state index in [0.29, 0.717) is 17.9 Å². The second-order valence-electron chi connectivity index (χ2n) is 11.5. The number of aromatic hydroxyl groups is 2. The van der Waals surface area contributed by atoms with Crippen molar-refractivity contribution in [2.75, 3.05) is 0 Å². The van der Waals surface area contributed by atoms with E-state index in [0.717, 1.165) is 77.9 Å². The molecular formula is C41H36O2. The van der Waals surface area contributed by atoms with Crippen molar-refractivity contribution >= 4 is 0 Å². The van der Waals surface area contributed by atoms with E-state index < -0.39 is 0 Å². The quantitative estimate of drug-likeness (QED) is 0.213. The standard InChI is InChI=1S/C41H36O2/c1-26-13-5-9-17-32(26)36-22-30(23-37(40(36)42)33-18-10-6-14-27(33)2)21-31-24-38(34-19-11-7-15-28(34)3)41(43)39(25-31)35-20-12-8-16-29(35)4/h5-20,22-25,42-43H,21H2,1-4H3. The molecule has 0 aliphatic rings. The van der Waals surface area contributed by atoms with Crippen LogP contribution < -0.4 is 0 Å². The van der Waals surface area contributed by atoms with Crippen molar-refractivity contribution < 1.29 is 10.2 Å². The molecule has 0 aromatic heterocycles. The average molecular weight is 561 g/mol. The summed E-state index contributed by atoms with van der Waals surface area (Å²) >= 11 is 0. The number of phenolic OH excluding ortho intramolecular Hbond substituents is 2. The molecule has 43 heavy (non-hydrogen) atoms. The van der Waals surface area contributed by atoms with Gasteiger partial charge in [0.15, 0.2) is 0 Å². The molecule has 0 amide bonds. The monoisotopic (exact) mass is 560 g/mol. The van der Waals surface area contributed by atoms with Gasteiger partial charge in [0.25, 0.3) is 0 Å². The summed E-state index contributed by atoms with van der Waals surface area (Å²) in [5.41, 5.74) is 14.0. The van der Waals surface area contributed by atoms with Crippen molar-refractivity contribution in [1.82, 2.24) is 0 Å². The Bertz CT molecular complexity index is 1690. The first-order valence-corrected chi connectivity index (χ1v) is 14.8. The minimum absolute atomic E-state index is 0.291. The van der Waals surface area contributed by atoms with Gasteiger partial charge in [-0.3, -0.25) is 0 Å². The van der Waals surface area contributed by atoms with Crippen LogP contribution in [0.1, 0.15) is 33.4 Å². The molecule has 0 atom stereocenters. The summed E-state index contributed by atoms with van der Waals surface area (Å²) < 4.78 is 0. The van der Waals surface area contributed by atoms with Gasteiger partial charge in [-0.05, 0) is 114 Å². The van der Waals surface area contributed by atoms with Gasteiger partial charge in [0.1, 0.15) is 11.5 Å². The van der Waals surface area contributed by atoms with Crippen LogP contribution in [0, 0.1) is 27.7 Å². The largest absolute Gasteiger partial charge is 0.507 e. The first kappa shape index (κ1) is 28.1. The summed E-state index contributed by atoms with van der Waals surface area (Å²) in [5.74, 6) is 0.582. The SMILES string of the molecule is Cc1ccccc1-c1cc(Cc2cc(-c3ccccc3C)c(O)c(-c3ccccc3C)c2)cc(-c2ccccc2C)c1O. The van der Waals surface area contributed by atoms with E-state index in [1.165, 1.54) is 0 Å². The third-order valence-corrected chi connectivity index (χ3v) is 8.49. The normalized spacial score (nSPS) is 11.1. The summed E-state index contributed by atoms with van der Waals surface area (Å²) in [5, 5.41) is 23.4. The van der Waals surface area contributed by atoms with Gasteiger partial charge in [0.2, 0.25) is 0 Å². The highest BCUT2D eigenvalue weighted by Gasteiger charge is 2.19. The number of benzene rings is 6. The lowest BCUT2D eigenvalue weighted by Gasteiger charge is -2.19. The molecule has 6 rings (SSSR count). The van der Waals surface area contributed by atoms with Gasteiger partial charge in [-0.15, -0.1) is 0 Å². The smallest absolute Gasteiger partial charge is 0.131 e. The van der Waals surface area contributed by atoms with Gasteiger partial charge in [-0.25, -0.2) is 0 Å². The summed E-state index contributed by atoms with van der Waals surface area (Å²) in [4.78, 5) is 0. The summed E-state index contributed by atoms with van der Waals surface area (Å²) in [6, 6.07) is 41.3. The van der Waals surface area contributed by atoms with Crippen molar-refractivity contribution in [2.45, 2.75) is 34.1 Å². The Kier molecular flexibility index (Phi) is 7.61. The van der Waals surface area contributed by atoms with Crippen LogP contribution in [0.3, 0.4) is 0 Å². The van der Waals surface area contributed by atoms with E-state index in [1.54, 1.807) is 0 Å². The topological polar surface area (TPSA) is 40.5 Å². The van der Waals surface area contributed by atoms with E-state index >= 15 is 0 Å². The number of phenols is 2. The van der Waals surface area contributed by atoms with E-state index in [2.05, 4.69) is 100 Å². The second kappa shape index (κ2) is 11.7. The Morgan fingerprint density at radius 3 is 0.814 bits per heavy atom. The summed E-state index contributed by atoms with van der Waals surface area (Å²) in [6.07, 6.45) is 0.635. The average Bonchev–Trinajstić information content (AvgIpc) is 3.00. The minimum atomic E-state index is 0.291. The Balaban J connectivity index is 1.57. The van der Waals surface area contributed by atoms with Crippen LogP contribution in [0.25, 0.3) is 44.5 Å². The molecule has 0 saturated carbocycles. The van der Waals surface area contributed by atoms with Crippen LogP contribution in [0.15, 0.2) is 121 Å². The van der Waals surface area contributed by atoms with E-state index in [9.17, 15) is 10.2 Å². The lowest BCUT2D eigenvalue weighted by molar-refractivity contribution is 0.479. The first-order valence-electron chi connectivity index (χ1n) is 14.8. The maximum absolute atomic E-state index is 11.7. The Morgan fingerprint density at radius 1 is 0.349 bits per heavy atom. The highest BCUT2D eigenvalue weighted by molar-refractivity contribution is 5.87. The molecule has 0 aliphatic carbocycles. The van der Waals surface area contributed by atoms with Gasteiger partial charge in [0.05, 0.1) is 0 Å². The molecule has 212 valence electrons. The van der Waals surface area contributed by atoms with Crippen LogP contribution in [0.5, 0.6) is 11.5 Å². The molecule has 2 N–H and O–H groups in total. The van der Waals surface area contributed by atoms with Gasteiger partial charge in [0, 0.05) is 22.3 Å². The molecule has 6 aromatic carbocycles. The summed E-state index contributed by atoms with van der Waals surface area (Å²) in [6.45, 7) is 8.32. The predicted molar refractivity (Wildman–Crippen MR) is 180 cm³/mol. The third kappa shape index (κ3) is 5.45. The minimum Gasteiger partial charge on any atom is -0.507 e. The lowest BCUT2D eigenvalue weighted by Crippen LogP contribution is -1.97. The van der Waals surface area contributed by atoms with Crippen molar-refractivity contribution in [3.8, 4) is 56.0 Å². The van der Waals surface area contributed by atoms with Crippen LogP contribution in [0.2, 0.25) is 0 Å². The highest BCUT2D eigenvalue weighted by Crippen LogP contribution is 2.44. The first-order chi connectivity index (χ1) is 20.8. The maximum Gasteiger partial charge on any atom is 0.131 e. The third-order valence-electron chi connectivity index (χ3n) is 8.49. The van der Waals surface area contributed by atoms with Gasteiger partial charge in [-0.2, -0.15) is 0 Å². The van der Waals surface area contributed by atoms with Crippen molar-refractivity contribution in [3.05, 3.63) is 155 Å². The zero-order valence-corrected chi connectivity index (χ0v) is 25.1. The van der Waals surface area contributed by atoms with Crippen molar-refractivity contribution in [2.24, 2.45) is 0 Å². The van der Waals surface area contributed by atoms with Crippen molar-refractivity contribution in [3.63, 3.8) is 0 Å².